The van der Waals surface area contributed by atoms with Gasteiger partial charge in [-0.05, 0) is 6.07 Å². The van der Waals surface area contributed by atoms with Crippen LogP contribution in [0.1, 0.15) is 17.2 Å². The highest BCUT2D eigenvalue weighted by molar-refractivity contribution is 6.31. The predicted molar refractivity (Wildman–Crippen MR) is 75.2 cm³/mol. The van der Waals surface area contributed by atoms with E-state index in [-0.39, 0.29) is 16.3 Å². The molecule has 0 spiro atoms. The Morgan fingerprint density at radius 1 is 1.36 bits per heavy atom. The summed E-state index contributed by atoms with van der Waals surface area (Å²) >= 11 is 5.93. The average molecular weight is 322 g/mol. The van der Waals surface area contributed by atoms with Crippen molar-refractivity contribution in [1.29, 1.82) is 5.26 Å². The maximum Gasteiger partial charge on any atom is 0.349 e. The molecule has 1 atom stereocenters. The maximum absolute atomic E-state index is 13.6. The van der Waals surface area contributed by atoms with E-state index in [1.807, 2.05) is 0 Å². The van der Waals surface area contributed by atoms with Crippen molar-refractivity contribution in [3.63, 3.8) is 0 Å². The summed E-state index contributed by atoms with van der Waals surface area (Å²) < 4.78 is 18.8. The Morgan fingerprint density at radius 2 is 2.05 bits per heavy atom. The van der Waals surface area contributed by atoms with Gasteiger partial charge >= 0.3 is 5.97 Å². The Morgan fingerprint density at radius 3 is 2.64 bits per heavy atom. The Kier molecular flexibility index (Phi) is 4.49. The Labute approximate surface area is 129 Å². The van der Waals surface area contributed by atoms with E-state index in [2.05, 4.69) is 0 Å². The molecule has 22 heavy (non-hydrogen) atoms. The van der Waals surface area contributed by atoms with Gasteiger partial charge in [0.15, 0.2) is 0 Å². The molecule has 0 bridgehead atoms. The number of aliphatic carboxylic acids is 1. The minimum atomic E-state index is -1.55. The molecule has 5 nitrogen and oxygen atoms in total. The van der Waals surface area contributed by atoms with E-state index in [4.69, 9.17) is 21.6 Å². The number of hydrogen-bond acceptors (Lipinski definition) is 4. The third-order valence-electron chi connectivity index (χ3n) is 2.81. The molecule has 112 valence electrons. The SMILES string of the molecule is N#Cc1c(F)cc(O)cc1OC(C(=O)O)c1ccccc1Cl. The molecule has 2 rings (SSSR count). The molecule has 0 aliphatic carbocycles. The highest BCUT2D eigenvalue weighted by Crippen LogP contribution is 2.32. The van der Waals surface area contributed by atoms with Crippen LogP contribution in [-0.2, 0) is 4.79 Å². The number of rotatable bonds is 4. The van der Waals surface area contributed by atoms with Crippen LogP contribution in [0.3, 0.4) is 0 Å². The lowest BCUT2D eigenvalue weighted by Crippen LogP contribution is -2.19. The van der Waals surface area contributed by atoms with Crippen molar-refractivity contribution in [1.82, 2.24) is 0 Å². The summed E-state index contributed by atoms with van der Waals surface area (Å²) in [5, 5.41) is 27.8. The number of benzene rings is 2. The molecule has 0 saturated heterocycles. The van der Waals surface area contributed by atoms with Crippen LogP contribution in [0, 0.1) is 17.1 Å². The molecular formula is C15H9ClFNO4. The van der Waals surface area contributed by atoms with Crippen molar-refractivity contribution in [2.75, 3.05) is 0 Å². The van der Waals surface area contributed by atoms with Gasteiger partial charge in [0.1, 0.15) is 28.9 Å². The molecule has 0 aromatic heterocycles. The summed E-state index contributed by atoms with van der Waals surface area (Å²) in [7, 11) is 0. The zero-order valence-corrected chi connectivity index (χ0v) is 11.7. The molecule has 2 N–H and O–H groups in total. The molecule has 0 aliphatic heterocycles. The first-order valence-electron chi connectivity index (χ1n) is 6.00. The van der Waals surface area contributed by atoms with Crippen LogP contribution >= 0.6 is 11.6 Å². The second kappa shape index (κ2) is 6.33. The molecule has 2 aromatic rings. The summed E-state index contributed by atoms with van der Waals surface area (Å²) in [4.78, 5) is 11.4. The molecule has 0 radical (unpaired) electrons. The number of nitriles is 1. The van der Waals surface area contributed by atoms with Gasteiger partial charge in [0.05, 0.1) is 0 Å². The van der Waals surface area contributed by atoms with Gasteiger partial charge in [-0.3, -0.25) is 0 Å². The monoisotopic (exact) mass is 321 g/mol. The first-order valence-corrected chi connectivity index (χ1v) is 6.38. The van der Waals surface area contributed by atoms with Crippen LogP contribution in [0.5, 0.6) is 11.5 Å². The molecule has 0 fully saturated rings. The Balaban J connectivity index is 2.49. The highest BCUT2D eigenvalue weighted by atomic mass is 35.5. The van der Waals surface area contributed by atoms with Crippen LogP contribution in [0.2, 0.25) is 5.02 Å². The molecule has 0 heterocycles. The van der Waals surface area contributed by atoms with Crippen molar-refractivity contribution in [2.24, 2.45) is 0 Å². The molecule has 0 amide bonds. The number of phenols is 1. The molecule has 2 aromatic carbocycles. The summed E-state index contributed by atoms with van der Waals surface area (Å²) in [6, 6.07) is 9.35. The minimum Gasteiger partial charge on any atom is -0.508 e. The average Bonchev–Trinajstić information content (AvgIpc) is 2.45. The van der Waals surface area contributed by atoms with Gasteiger partial charge in [-0.25, -0.2) is 9.18 Å². The van der Waals surface area contributed by atoms with Gasteiger partial charge in [-0.1, -0.05) is 29.8 Å². The number of hydrogen-bond donors (Lipinski definition) is 2. The third kappa shape index (κ3) is 3.10. The standard InChI is InChI=1S/C15H9ClFNO4/c16-11-4-2-1-3-9(11)14(15(20)21)22-13-6-8(19)5-12(17)10(13)7-18/h1-6,14,19H,(H,20,21). The van der Waals surface area contributed by atoms with Gasteiger partial charge in [-0.2, -0.15) is 5.26 Å². The lowest BCUT2D eigenvalue weighted by Gasteiger charge is -2.17. The number of phenolic OH excluding ortho intramolecular Hbond substituents is 1. The van der Waals surface area contributed by atoms with Crippen LogP contribution in [-0.4, -0.2) is 16.2 Å². The number of nitrogens with zero attached hydrogens (tertiary/aromatic N) is 1. The van der Waals surface area contributed by atoms with Gasteiger partial charge in [0, 0.05) is 22.7 Å². The van der Waals surface area contributed by atoms with Crippen LogP contribution in [0.15, 0.2) is 36.4 Å². The minimum absolute atomic E-state index is 0.143. The van der Waals surface area contributed by atoms with Crippen molar-refractivity contribution in [3.8, 4) is 17.6 Å². The third-order valence-corrected chi connectivity index (χ3v) is 3.15. The maximum atomic E-state index is 13.6. The lowest BCUT2D eigenvalue weighted by atomic mass is 10.1. The molecule has 7 heteroatoms. The summed E-state index contributed by atoms with van der Waals surface area (Å²) in [5.41, 5.74) is -0.361. The lowest BCUT2D eigenvalue weighted by molar-refractivity contribution is -0.145. The van der Waals surface area contributed by atoms with E-state index in [0.717, 1.165) is 12.1 Å². The number of ether oxygens (including phenoxy) is 1. The van der Waals surface area contributed by atoms with E-state index in [1.54, 1.807) is 18.2 Å². The first-order chi connectivity index (χ1) is 10.4. The zero-order valence-electron chi connectivity index (χ0n) is 11.0. The normalized spacial score (nSPS) is 11.5. The van der Waals surface area contributed by atoms with Gasteiger partial charge in [0.25, 0.3) is 0 Å². The fourth-order valence-electron chi connectivity index (χ4n) is 1.83. The van der Waals surface area contributed by atoms with Crippen molar-refractivity contribution >= 4 is 17.6 Å². The molecule has 0 aliphatic rings. The van der Waals surface area contributed by atoms with Crippen molar-refractivity contribution in [2.45, 2.75) is 6.10 Å². The van der Waals surface area contributed by atoms with E-state index in [1.165, 1.54) is 12.1 Å². The zero-order chi connectivity index (χ0) is 16.3. The number of halogens is 2. The van der Waals surface area contributed by atoms with Crippen molar-refractivity contribution in [3.05, 3.63) is 58.4 Å². The number of carboxylic acids is 1. The van der Waals surface area contributed by atoms with E-state index < -0.39 is 29.2 Å². The van der Waals surface area contributed by atoms with Crippen molar-refractivity contribution < 1.29 is 24.1 Å². The Bertz CT molecular complexity index is 773. The first kappa shape index (κ1) is 15.6. The second-order valence-corrected chi connectivity index (χ2v) is 4.68. The summed E-state index contributed by atoms with van der Waals surface area (Å²) in [6.07, 6.45) is -1.55. The van der Waals surface area contributed by atoms with Gasteiger partial charge < -0.3 is 14.9 Å². The smallest absolute Gasteiger partial charge is 0.349 e. The predicted octanol–water partition coefficient (Wildman–Crippen LogP) is 3.26. The number of carboxylic acid groups (broad SMARTS) is 1. The number of carbonyl (C=O) groups is 1. The van der Waals surface area contributed by atoms with Gasteiger partial charge in [0.2, 0.25) is 6.10 Å². The quantitative estimate of drug-likeness (QED) is 0.902. The van der Waals surface area contributed by atoms with Crippen LogP contribution < -0.4 is 4.74 Å². The molecule has 0 saturated carbocycles. The summed E-state index contributed by atoms with van der Waals surface area (Å²) in [6.45, 7) is 0. The van der Waals surface area contributed by atoms with Crippen LogP contribution in [0.25, 0.3) is 0 Å². The number of aromatic hydroxyl groups is 1. The fourth-order valence-corrected chi connectivity index (χ4v) is 2.07. The second-order valence-electron chi connectivity index (χ2n) is 4.27. The molecular weight excluding hydrogens is 313 g/mol. The van der Waals surface area contributed by atoms with E-state index in [9.17, 15) is 19.4 Å². The topological polar surface area (TPSA) is 90.5 Å². The van der Waals surface area contributed by atoms with E-state index in [0.29, 0.717) is 0 Å². The fraction of sp³-hybridized carbons (Fsp3) is 0.0667. The summed E-state index contributed by atoms with van der Waals surface area (Å²) in [5.74, 6) is -3.26. The van der Waals surface area contributed by atoms with Gasteiger partial charge in [-0.15, -0.1) is 0 Å². The van der Waals surface area contributed by atoms with E-state index >= 15 is 0 Å². The Hall–Kier alpha value is -2.78. The highest BCUT2D eigenvalue weighted by Gasteiger charge is 2.26. The van der Waals surface area contributed by atoms with Crippen LogP contribution in [0.4, 0.5) is 4.39 Å². The largest absolute Gasteiger partial charge is 0.508 e. The molecule has 1 unspecified atom stereocenters.